The van der Waals surface area contributed by atoms with E-state index in [-0.39, 0.29) is 29.8 Å². The number of hydrogen-bond donors (Lipinski definition) is 0. The third-order valence-corrected chi connectivity index (χ3v) is 12.3. The van der Waals surface area contributed by atoms with Crippen LogP contribution in [-0.4, -0.2) is 86.2 Å². The lowest BCUT2D eigenvalue weighted by Crippen LogP contribution is -2.62. The summed E-state index contributed by atoms with van der Waals surface area (Å²) in [6.07, 6.45) is 3.42. The monoisotopic (exact) mass is 549 g/mol. The molecular weight excluding hydrogens is 502 g/mol. The van der Waals surface area contributed by atoms with Gasteiger partial charge in [0.1, 0.15) is 11.9 Å². The molecule has 9 nitrogen and oxygen atoms in total. The quantitative estimate of drug-likeness (QED) is 0.246. The number of carbonyl (C=O) groups is 2. The molecule has 10 heteroatoms. The molecule has 0 saturated carbocycles. The van der Waals surface area contributed by atoms with Gasteiger partial charge in [0.05, 0.1) is 23.9 Å². The van der Waals surface area contributed by atoms with E-state index in [2.05, 4.69) is 38.8 Å². The summed E-state index contributed by atoms with van der Waals surface area (Å²) in [5.74, 6) is 0.0635. The van der Waals surface area contributed by atoms with Crippen molar-refractivity contribution in [3.05, 3.63) is 23.4 Å². The summed E-state index contributed by atoms with van der Waals surface area (Å²) in [5, 5.41) is 0.176. The molecule has 1 aromatic rings. The van der Waals surface area contributed by atoms with E-state index in [4.69, 9.17) is 23.3 Å². The molecule has 2 aliphatic heterocycles. The standard InChI is InChI=1S/C28H47N3O6Si/c1-11-34-25(32)23-21(15-20-16-31(17-22(23)30(20)8)26(33)37-27(2,3)4)24-29-19(18-35-24)13-12-14-36-38(9,10)28(5,6)7/h18,20,22H,11-17H2,1-10H3. The summed E-state index contributed by atoms with van der Waals surface area (Å²) in [5.41, 5.74) is 1.52. The van der Waals surface area contributed by atoms with Crippen molar-refractivity contribution in [1.29, 1.82) is 0 Å². The number of aryl methyl sites for hydroxylation is 1. The first-order valence-corrected chi connectivity index (χ1v) is 16.6. The number of amides is 1. The number of piperazine rings is 1. The number of esters is 1. The normalized spacial score (nSPS) is 21.1. The van der Waals surface area contributed by atoms with Crippen molar-refractivity contribution >= 4 is 26.0 Å². The number of carbonyl (C=O) groups excluding carboxylic acids is 2. The number of hydrogen-bond acceptors (Lipinski definition) is 8. The third kappa shape index (κ3) is 7.07. The summed E-state index contributed by atoms with van der Waals surface area (Å²) in [4.78, 5) is 34.7. The summed E-state index contributed by atoms with van der Waals surface area (Å²) in [6.45, 7) is 20.3. The maximum Gasteiger partial charge on any atom is 0.410 e. The second kappa shape index (κ2) is 11.5. The van der Waals surface area contributed by atoms with Crippen LogP contribution in [0, 0.1) is 0 Å². The highest BCUT2D eigenvalue weighted by Gasteiger charge is 2.46. The molecule has 3 rings (SSSR count). The smallest absolute Gasteiger partial charge is 0.410 e. The van der Waals surface area contributed by atoms with Gasteiger partial charge in [-0.15, -0.1) is 0 Å². The van der Waals surface area contributed by atoms with Crippen molar-refractivity contribution < 1.29 is 27.9 Å². The highest BCUT2D eigenvalue weighted by molar-refractivity contribution is 6.74. The molecule has 2 unspecified atom stereocenters. The lowest BCUT2D eigenvalue weighted by molar-refractivity contribution is -0.140. The van der Waals surface area contributed by atoms with Crippen molar-refractivity contribution in [2.75, 3.05) is 33.4 Å². The molecule has 0 radical (unpaired) electrons. The number of fused-ring (bicyclic) bond motifs is 2. The highest BCUT2D eigenvalue weighted by Crippen LogP contribution is 2.39. The second-order valence-electron chi connectivity index (χ2n) is 12.9. The minimum absolute atomic E-state index is 0.00258. The van der Waals surface area contributed by atoms with Gasteiger partial charge in [0.2, 0.25) is 5.89 Å². The number of oxazole rings is 1. The molecule has 2 atom stereocenters. The number of rotatable bonds is 8. The van der Waals surface area contributed by atoms with E-state index in [1.165, 1.54) is 0 Å². The van der Waals surface area contributed by atoms with Gasteiger partial charge in [-0.2, -0.15) is 0 Å². The van der Waals surface area contributed by atoms with Crippen molar-refractivity contribution in [3.8, 4) is 0 Å². The fraction of sp³-hybridized carbons (Fsp3) is 0.750. The number of aromatic nitrogens is 1. The minimum atomic E-state index is -1.79. The fourth-order valence-corrected chi connectivity index (χ4v) is 5.69. The average molecular weight is 550 g/mol. The van der Waals surface area contributed by atoms with E-state index < -0.39 is 19.9 Å². The second-order valence-corrected chi connectivity index (χ2v) is 17.7. The Hall–Kier alpha value is -2.17. The summed E-state index contributed by atoms with van der Waals surface area (Å²) in [7, 11) is 0.202. The third-order valence-electron chi connectivity index (χ3n) is 7.79. The van der Waals surface area contributed by atoms with Crippen LogP contribution in [0.1, 0.15) is 72.9 Å². The van der Waals surface area contributed by atoms with Gasteiger partial charge < -0.3 is 23.2 Å². The zero-order valence-electron chi connectivity index (χ0n) is 25.0. The van der Waals surface area contributed by atoms with Crippen LogP contribution in [0.4, 0.5) is 4.79 Å². The zero-order valence-corrected chi connectivity index (χ0v) is 26.0. The van der Waals surface area contributed by atoms with Gasteiger partial charge in [-0.05, 0) is 72.1 Å². The predicted octanol–water partition coefficient (Wildman–Crippen LogP) is 5.27. The van der Waals surface area contributed by atoms with Gasteiger partial charge in [0, 0.05) is 31.3 Å². The Morgan fingerprint density at radius 2 is 1.84 bits per heavy atom. The molecule has 0 spiro atoms. The van der Waals surface area contributed by atoms with E-state index in [1.54, 1.807) is 18.1 Å². The molecule has 0 aromatic carbocycles. The van der Waals surface area contributed by atoms with Crippen LogP contribution in [0.25, 0.3) is 5.57 Å². The Kier molecular flexibility index (Phi) is 9.20. The average Bonchev–Trinajstić information content (AvgIpc) is 3.23. The molecule has 2 bridgehead atoms. The van der Waals surface area contributed by atoms with E-state index in [0.29, 0.717) is 37.6 Å². The van der Waals surface area contributed by atoms with Crippen LogP contribution in [0.15, 0.2) is 16.3 Å². The van der Waals surface area contributed by atoms with E-state index in [9.17, 15) is 9.59 Å². The van der Waals surface area contributed by atoms with Gasteiger partial charge in [-0.3, -0.25) is 4.90 Å². The molecule has 1 amide bonds. The van der Waals surface area contributed by atoms with Crippen LogP contribution in [0.3, 0.4) is 0 Å². The predicted molar refractivity (Wildman–Crippen MR) is 149 cm³/mol. The molecule has 2 aliphatic rings. The largest absolute Gasteiger partial charge is 0.463 e. The minimum Gasteiger partial charge on any atom is -0.463 e. The van der Waals surface area contributed by atoms with Crippen molar-refractivity contribution in [1.82, 2.24) is 14.8 Å². The molecule has 214 valence electrons. The van der Waals surface area contributed by atoms with Crippen molar-refractivity contribution in [2.24, 2.45) is 0 Å². The Labute approximate surface area is 229 Å². The summed E-state index contributed by atoms with van der Waals surface area (Å²) >= 11 is 0. The highest BCUT2D eigenvalue weighted by atomic mass is 28.4. The number of ether oxygens (including phenoxy) is 2. The fourth-order valence-electron chi connectivity index (χ4n) is 4.60. The van der Waals surface area contributed by atoms with Crippen LogP contribution >= 0.6 is 0 Å². The molecule has 1 aromatic heterocycles. The van der Waals surface area contributed by atoms with Crippen molar-refractivity contribution in [3.63, 3.8) is 0 Å². The maximum atomic E-state index is 13.2. The first kappa shape index (κ1) is 30.4. The topological polar surface area (TPSA) is 94.3 Å². The molecule has 3 heterocycles. The molecular formula is C28H47N3O6Si. The van der Waals surface area contributed by atoms with Crippen LogP contribution in [-0.2, 0) is 25.1 Å². The number of nitrogens with zero attached hydrogens (tertiary/aromatic N) is 3. The SMILES string of the molecule is CCOC(=O)C1=C(c2nc(CCCO[Si](C)(C)C(C)(C)C)co2)CC2CN(C(=O)OC(C)(C)C)CC1N2C. The van der Waals surface area contributed by atoms with Crippen molar-refractivity contribution in [2.45, 2.75) is 104 Å². The van der Waals surface area contributed by atoms with Gasteiger partial charge in [0.15, 0.2) is 8.32 Å². The van der Waals surface area contributed by atoms with Crippen LogP contribution in [0.5, 0.6) is 0 Å². The lowest BCUT2D eigenvalue weighted by Gasteiger charge is -2.48. The Morgan fingerprint density at radius 3 is 2.45 bits per heavy atom. The zero-order chi connectivity index (χ0) is 28.5. The molecule has 1 saturated heterocycles. The number of likely N-dealkylation sites (N-methyl/N-ethyl adjacent to an activating group) is 1. The van der Waals surface area contributed by atoms with E-state index in [0.717, 1.165) is 24.1 Å². The van der Waals surface area contributed by atoms with Gasteiger partial charge >= 0.3 is 12.1 Å². The van der Waals surface area contributed by atoms with Crippen LogP contribution < -0.4 is 0 Å². The van der Waals surface area contributed by atoms with E-state index in [1.807, 2.05) is 27.8 Å². The van der Waals surface area contributed by atoms with Crippen LogP contribution in [0.2, 0.25) is 18.1 Å². The van der Waals surface area contributed by atoms with Gasteiger partial charge in [-0.25, -0.2) is 14.6 Å². The van der Waals surface area contributed by atoms with Gasteiger partial charge in [0.25, 0.3) is 0 Å². The van der Waals surface area contributed by atoms with E-state index >= 15 is 0 Å². The summed E-state index contributed by atoms with van der Waals surface area (Å²) in [6, 6.07) is -0.333. The maximum absolute atomic E-state index is 13.2. The molecule has 38 heavy (non-hydrogen) atoms. The Bertz CT molecular complexity index is 1040. The lowest BCUT2D eigenvalue weighted by atomic mass is 9.85. The summed E-state index contributed by atoms with van der Waals surface area (Å²) < 4.78 is 23.3. The molecule has 0 N–H and O–H groups in total. The Balaban J connectivity index is 1.79. The molecule has 0 aliphatic carbocycles. The molecule has 1 fully saturated rings. The Morgan fingerprint density at radius 1 is 1.16 bits per heavy atom. The first-order chi connectivity index (χ1) is 17.5. The first-order valence-electron chi connectivity index (χ1n) is 13.7. The van der Waals surface area contributed by atoms with Gasteiger partial charge in [-0.1, -0.05) is 20.8 Å².